The number of nitrogens with zero attached hydrogens (tertiary/aromatic N) is 3. The fourth-order valence-corrected chi connectivity index (χ4v) is 2.30. The predicted molar refractivity (Wildman–Crippen MR) is 79.9 cm³/mol. The Morgan fingerprint density at radius 3 is 2.95 bits per heavy atom. The van der Waals surface area contributed by atoms with Crippen LogP contribution in [-0.4, -0.2) is 29.2 Å². The fraction of sp³-hybridized carbons (Fsp3) is 0.462. The summed E-state index contributed by atoms with van der Waals surface area (Å²) in [6, 6.07) is 1.81. The van der Waals surface area contributed by atoms with Gasteiger partial charge in [0.25, 0.3) is 0 Å². The second-order valence-electron chi connectivity index (χ2n) is 4.22. The average Bonchev–Trinajstić information content (AvgIpc) is 3.08. The number of aliphatic imine (C=N–C) groups is 1. The quantitative estimate of drug-likeness (QED) is 0.627. The van der Waals surface area contributed by atoms with Crippen LogP contribution in [0.1, 0.15) is 23.3 Å². The van der Waals surface area contributed by atoms with E-state index >= 15 is 0 Å². The maximum atomic E-state index is 4.78. The SMILES string of the molecule is CCNC(=NCc1ccon1)NCCc1csc(C)n1. The molecule has 0 saturated heterocycles. The monoisotopic (exact) mass is 293 g/mol. The van der Waals surface area contributed by atoms with Gasteiger partial charge < -0.3 is 15.2 Å². The number of hydrogen-bond acceptors (Lipinski definition) is 5. The zero-order chi connectivity index (χ0) is 14.2. The second-order valence-corrected chi connectivity index (χ2v) is 5.28. The summed E-state index contributed by atoms with van der Waals surface area (Å²) in [6.45, 7) is 6.18. The van der Waals surface area contributed by atoms with Gasteiger partial charge >= 0.3 is 0 Å². The van der Waals surface area contributed by atoms with Gasteiger partial charge in [0.1, 0.15) is 12.0 Å². The number of aromatic nitrogens is 2. The Morgan fingerprint density at radius 1 is 1.40 bits per heavy atom. The Bertz CT molecular complexity index is 535. The normalized spacial score (nSPS) is 11.6. The molecule has 2 N–H and O–H groups in total. The molecule has 0 fully saturated rings. The number of nitrogens with one attached hydrogen (secondary N) is 2. The molecule has 2 heterocycles. The van der Waals surface area contributed by atoms with Crippen molar-refractivity contribution in [2.24, 2.45) is 4.99 Å². The molecule has 0 aromatic carbocycles. The molecule has 7 heteroatoms. The Morgan fingerprint density at radius 2 is 2.30 bits per heavy atom. The van der Waals surface area contributed by atoms with E-state index in [4.69, 9.17) is 4.52 Å². The molecule has 6 nitrogen and oxygen atoms in total. The van der Waals surface area contributed by atoms with E-state index in [1.807, 2.05) is 19.9 Å². The fourth-order valence-electron chi connectivity index (χ4n) is 1.65. The summed E-state index contributed by atoms with van der Waals surface area (Å²) in [5.41, 5.74) is 1.93. The van der Waals surface area contributed by atoms with Crippen molar-refractivity contribution in [2.75, 3.05) is 13.1 Å². The van der Waals surface area contributed by atoms with Gasteiger partial charge in [-0.2, -0.15) is 0 Å². The highest BCUT2D eigenvalue weighted by Gasteiger charge is 2.01. The van der Waals surface area contributed by atoms with Crippen LogP contribution in [-0.2, 0) is 13.0 Å². The van der Waals surface area contributed by atoms with Crippen molar-refractivity contribution in [3.8, 4) is 0 Å². The summed E-state index contributed by atoms with van der Waals surface area (Å²) in [5, 5.41) is 13.5. The van der Waals surface area contributed by atoms with E-state index in [2.05, 4.69) is 31.1 Å². The summed E-state index contributed by atoms with van der Waals surface area (Å²) in [4.78, 5) is 8.88. The summed E-state index contributed by atoms with van der Waals surface area (Å²) in [5.74, 6) is 0.780. The van der Waals surface area contributed by atoms with Gasteiger partial charge in [0.15, 0.2) is 5.96 Å². The van der Waals surface area contributed by atoms with Crippen LogP contribution in [0.5, 0.6) is 0 Å². The zero-order valence-electron chi connectivity index (χ0n) is 11.7. The lowest BCUT2D eigenvalue weighted by Gasteiger charge is -2.10. The minimum absolute atomic E-state index is 0.502. The van der Waals surface area contributed by atoms with Gasteiger partial charge in [0.2, 0.25) is 0 Å². The summed E-state index contributed by atoms with van der Waals surface area (Å²) in [7, 11) is 0. The number of thiazole rings is 1. The average molecular weight is 293 g/mol. The van der Waals surface area contributed by atoms with Crippen LogP contribution in [0.2, 0.25) is 0 Å². The van der Waals surface area contributed by atoms with Crippen molar-refractivity contribution in [3.63, 3.8) is 0 Å². The number of aryl methyl sites for hydroxylation is 1. The molecule has 0 spiro atoms. The first-order valence-corrected chi connectivity index (χ1v) is 7.48. The van der Waals surface area contributed by atoms with Crippen LogP contribution >= 0.6 is 11.3 Å². The van der Waals surface area contributed by atoms with E-state index in [0.717, 1.165) is 41.9 Å². The van der Waals surface area contributed by atoms with Crippen molar-refractivity contribution in [3.05, 3.63) is 34.1 Å². The molecule has 0 aliphatic carbocycles. The minimum Gasteiger partial charge on any atom is -0.364 e. The zero-order valence-corrected chi connectivity index (χ0v) is 12.5. The molecule has 0 radical (unpaired) electrons. The molecule has 108 valence electrons. The van der Waals surface area contributed by atoms with Gasteiger partial charge in [-0.25, -0.2) is 9.98 Å². The maximum absolute atomic E-state index is 4.78. The molecular formula is C13H19N5OS. The Hall–Kier alpha value is -1.89. The summed E-state index contributed by atoms with van der Waals surface area (Å²) in [6.07, 6.45) is 2.44. The molecule has 2 aromatic heterocycles. The first-order chi connectivity index (χ1) is 9.78. The van der Waals surface area contributed by atoms with Crippen molar-refractivity contribution >= 4 is 17.3 Å². The number of guanidine groups is 1. The molecule has 2 aromatic rings. The first-order valence-electron chi connectivity index (χ1n) is 6.60. The van der Waals surface area contributed by atoms with Gasteiger partial charge in [-0.05, 0) is 13.8 Å². The molecule has 20 heavy (non-hydrogen) atoms. The van der Waals surface area contributed by atoms with E-state index in [0.29, 0.717) is 6.54 Å². The smallest absolute Gasteiger partial charge is 0.191 e. The van der Waals surface area contributed by atoms with Gasteiger partial charge in [-0.1, -0.05) is 5.16 Å². The first kappa shape index (κ1) is 14.5. The van der Waals surface area contributed by atoms with E-state index < -0.39 is 0 Å². The Balaban J connectivity index is 1.80. The van der Waals surface area contributed by atoms with Crippen LogP contribution in [0, 0.1) is 6.92 Å². The maximum Gasteiger partial charge on any atom is 0.191 e. The highest BCUT2D eigenvalue weighted by molar-refractivity contribution is 7.09. The molecule has 0 amide bonds. The number of hydrogen-bond donors (Lipinski definition) is 2. The molecule has 2 rings (SSSR count). The number of rotatable bonds is 6. The third-order valence-corrected chi connectivity index (χ3v) is 3.40. The summed E-state index contributed by atoms with van der Waals surface area (Å²) < 4.78 is 4.78. The van der Waals surface area contributed by atoms with E-state index in [1.54, 1.807) is 17.6 Å². The standard InChI is InChI=1S/C13H19N5OS/c1-3-14-13(16-8-11-5-7-19-18-11)15-6-4-12-9-20-10(2)17-12/h5,7,9H,3-4,6,8H2,1-2H3,(H2,14,15,16). The highest BCUT2D eigenvalue weighted by Crippen LogP contribution is 2.07. The molecular weight excluding hydrogens is 274 g/mol. The van der Waals surface area contributed by atoms with Crippen molar-refractivity contribution < 1.29 is 4.52 Å². The van der Waals surface area contributed by atoms with Crippen molar-refractivity contribution in [2.45, 2.75) is 26.8 Å². The Kier molecular flexibility index (Phi) is 5.55. The van der Waals surface area contributed by atoms with Crippen molar-refractivity contribution in [1.82, 2.24) is 20.8 Å². The highest BCUT2D eigenvalue weighted by atomic mass is 32.1. The van der Waals surface area contributed by atoms with E-state index in [9.17, 15) is 0 Å². The Labute approximate surface area is 122 Å². The van der Waals surface area contributed by atoms with Crippen LogP contribution in [0.15, 0.2) is 27.2 Å². The minimum atomic E-state index is 0.502. The lowest BCUT2D eigenvalue weighted by Crippen LogP contribution is -2.38. The topological polar surface area (TPSA) is 75.3 Å². The lowest BCUT2D eigenvalue weighted by atomic mass is 10.3. The van der Waals surface area contributed by atoms with Gasteiger partial charge in [0, 0.05) is 31.0 Å². The van der Waals surface area contributed by atoms with E-state index in [-0.39, 0.29) is 0 Å². The summed E-state index contributed by atoms with van der Waals surface area (Å²) >= 11 is 1.68. The molecule has 0 bridgehead atoms. The van der Waals surface area contributed by atoms with E-state index in [1.165, 1.54) is 0 Å². The molecule has 0 atom stereocenters. The largest absolute Gasteiger partial charge is 0.364 e. The van der Waals surface area contributed by atoms with Crippen molar-refractivity contribution in [1.29, 1.82) is 0 Å². The molecule has 0 unspecified atom stereocenters. The third kappa shape index (κ3) is 4.65. The van der Waals surface area contributed by atoms with Gasteiger partial charge in [0.05, 0.1) is 17.2 Å². The van der Waals surface area contributed by atoms with Crippen LogP contribution in [0.3, 0.4) is 0 Å². The lowest BCUT2D eigenvalue weighted by molar-refractivity contribution is 0.412. The van der Waals surface area contributed by atoms with Crippen LogP contribution < -0.4 is 10.6 Å². The molecule has 0 aliphatic heterocycles. The van der Waals surface area contributed by atoms with Crippen LogP contribution in [0.25, 0.3) is 0 Å². The van der Waals surface area contributed by atoms with Gasteiger partial charge in [-0.3, -0.25) is 0 Å². The predicted octanol–water partition coefficient (Wildman–Crippen LogP) is 1.74. The molecule has 0 saturated carbocycles. The third-order valence-electron chi connectivity index (χ3n) is 2.57. The second kappa shape index (κ2) is 7.64. The molecule has 0 aliphatic rings. The van der Waals surface area contributed by atoms with Crippen LogP contribution in [0.4, 0.5) is 0 Å². The van der Waals surface area contributed by atoms with Gasteiger partial charge in [-0.15, -0.1) is 11.3 Å².